The average Bonchev–Trinajstić information content (AvgIpc) is 2.63. The summed E-state index contributed by atoms with van der Waals surface area (Å²) in [5, 5.41) is 12.7. The van der Waals surface area contributed by atoms with Crippen molar-refractivity contribution in [3.8, 4) is 0 Å². The van der Waals surface area contributed by atoms with E-state index in [2.05, 4.69) is 26.1 Å². The van der Waals surface area contributed by atoms with Crippen molar-refractivity contribution in [1.29, 1.82) is 0 Å². The Labute approximate surface area is 92.3 Å². The number of hydrogen-bond acceptors (Lipinski definition) is 2. The molecular weight excluding hydrogens is 190 g/mol. The van der Waals surface area contributed by atoms with Crippen LogP contribution in [-0.4, -0.2) is 22.7 Å². The molecule has 0 spiro atoms. The molecule has 0 amide bonds. The van der Waals surface area contributed by atoms with E-state index in [-0.39, 0.29) is 0 Å². The van der Waals surface area contributed by atoms with Gasteiger partial charge >= 0.3 is 5.97 Å². The SMILES string of the molecule is CCC(NC1(C(=O)O)CCCC1)C(C)C. The molecule has 15 heavy (non-hydrogen) atoms. The lowest BCUT2D eigenvalue weighted by Crippen LogP contribution is -2.55. The molecule has 1 aliphatic rings. The number of aliphatic carboxylic acids is 1. The van der Waals surface area contributed by atoms with Crippen molar-refractivity contribution in [3.63, 3.8) is 0 Å². The van der Waals surface area contributed by atoms with Crippen LogP contribution in [0.15, 0.2) is 0 Å². The van der Waals surface area contributed by atoms with Gasteiger partial charge in [-0.2, -0.15) is 0 Å². The summed E-state index contributed by atoms with van der Waals surface area (Å²) >= 11 is 0. The molecule has 2 N–H and O–H groups in total. The second-order valence-corrected chi connectivity index (χ2v) is 5.00. The molecule has 1 atom stereocenters. The van der Waals surface area contributed by atoms with E-state index >= 15 is 0 Å². The Morgan fingerprint density at radius 2 is 1.93 bits per heavy atom. The summed E-state index contributed by atoms with van der Waals surface area (Å²) in [6.45, 7) is 6.40. The van der Waals surface area contributed by atoms with Crippen LogP contribution >= 0.6 is 0 Å². The highest BCUT2D eigenvalue weighted by Crippen LogP contribution is 2.31. The third kappa shape index (κ3) is 2.71. The van der Waals surface area contributed by atoms with Gasteiger partial charge in [0.05, 0.1) is 0 Å². The average molecular weight is 213 g/mol. The van der Waals surface area contributed by atoms with E-state index in [1.54, 1.807) is 0 Å². The van der Waals surface area contributed by atoms with E-state index in [0.29, 0.717) is 12.0 Å². The predicted molar refractivity (Wildman–Crippen MR) is 60.9 cm³/mol. The molecule has 1 unspecified atom stereocenters. The highest BCUT2D eigenvalue weighted by molar-refractivity contribution is 5.79. The van der Waals surface area contributed by atoms with Crippen LogP contribution in [-0.2, 0) is 4.79 Å². The quantitative estimate of drug-likeness (QED) is 0.737. The fourth-order valence-electron chi connectivity index (χ4n) is 2.49. The largest absolute Gasteiger partial charge is 0.480 e. The van der Waals surface area contributed by atoms with Gasteiger partial charge in [-0.25, -0.2) is 0 Å². The molecule has 3 nitrogen and oxygen atoms in total. The van der Waals surface area contributed by atoms with Crippen molar-refractivity contribution in [3.05, 3.63) is 0 Å². The van der Waals surface area contributed by atoms with Gasteiger partial charge in [0.1, 0.15) is 5.54 Å². The zero-order valence-electron chi connectivity index (χ0n) is 10.0. The van der Waals surface area contributed by atoms with E-state index in [0.717, 1.165) is 32.1 Å². The van der Waals surface area contributed by atoms with E-state index in [1.807, 2.05) is 0 Å². The minimum absolute atomic E-state index is 0.319. The molecule has 0 aliphatic heterocycles. The van der Waals surface area contributed by atoms with E-state index < -0.39 is 11.5 Å². The third-order valence-electron chi connectivity index (χ3n) is 3.57. The summed E-state index contributed by atoms with van der Waals surface area (Å²) in [6, 6.07) is 0.319. The van der Waals surface area contributed by atoms with Crippen molar-refractivity contribution in [2.75, 3.05) is 0 Å². The van der Waals surface area contributed by atoms with Crippen molar-refractivity contribution < 1.29 is 9.90 Å². The van der Waals surface area contributed by atoms with Gasteiger partial charge in [0, 0.05) is 6.04 Å². The van der Waals surface area contributed by atoms with Crippen molar-refractivity contribution >= 4 is 5.97 Å². The monoisotopic (exact) mass is 213 g/mol. The van der Waals surface area contributed by atoms with E-state index in [9.17, 15) is 9.90 Å². The van der Waals surface area contributed by atoms with Gasteiger partial charge in [0.2, 0.25) is 0 Å². The zero-order valence-corrected chi connectivity index (χ0v) is 10.0. The molecule has 0 radical (unpaired) electrons. The number of hydrogen-bond donors (Lipinski definition) is 2. The first-order valence-electron chi connectivity index (χ1n) is 6.03. The first-order chi connectivity index (χ1) is 7.02. The summed E-state index contributed by atoms with van der Waals surface area (Å²) < 4.78 is 0. The van der Waals surface area contributed by atoms with Gasteiger partial charge in [-0.05, 0) is 25.2 Å². The Balaban J connectivity index is 2.70. The van der Waals surface area contributed by atoms with Crippen LogP contribution in [0.4, 0.5) is 0 Å². The molecule has 0 aromatic rings. The summed E-state index contributed by atoms with van der Waals surface area (Å²) in [4.78, 5) is 11.3. The molecule has 0 heterocycles. The maximum absolute atomic E-state index is 11.3. The Morgan fingerprint density at radius 1 is 1.40 bits per heavy atom. The number of rotatable bonds is 5. The van der Waals surface area contributed by atoms with Crippen molar-refractivity contribution in [2.45, 2.75) is 64.5 Å². The second kappa shape index (κ2) is 4.97. The number of nitrogens with one attached hydrogen (secondary N) is 1. The lowest BCUT2D eigenvalue weighted by Gasteiger charge is -2.32. The highest BCUT2D eigenvalue weighted by Gasteiger charge is 2.42. The normalized spacial score (nSPS) is 21.9. The number of carboxylic acids is 1. The van der Waals surface area contributed by atoms with Crippen LogP contribution in [0.5, 0.6) is 0 Å². The Morgan fingerprint density at radius 3 is 2.27 bits per heavy atom. The molecule has 0 aromatic heterocycles. The third-order valence-corrected chi connectivity index (χ3v) is 3.57. The Kier molecular flexibility index (Phi) is 4.14. The van der Waals surface area contributed by atoms with Crippen LogP contribution in [0, 0.1) is 5.92 Å². The molecule has 88 valence electrons. The molecule has 0 bridgehead atoms. The maximum Gasteiger partial charge on any atom is 0.323 e. The first kappa shape index (κ1) is 12.5. The van der Waals surface area contributed by atoms with Crippen LogP contribution in [0.25, 0.3) is 0 Å². The molecule has 3 heteroatoms. The lowest BCUT2D eigenvalue weighted by atomic mass is 9.92. The van der Waals surface area contributed by atoms with Gasteiger partial charge in [0.15, 0.2) is 0 Å². The van der Waals surface area contributed by atoms with Crippen molar-refractivity contribution in [1.82, 2.24) is 5.32 Å². The standard InChI is InChI=1S/C12H23NO2/c1-4-10(9(2)3)13-12(11(14)15)7-5-6-8-12/h9-10,13H,4-8H2,1-3H3,(H,14,15). The van der Waals surface area contributed by atoms with Crippen LogP contribution in [0.2, 0.25) is 0 Å². The molecule has 1 rings (SSSR count). The second-order valence-electron chi connectivity index (χ2n) is 5.00. The predicted octanol–water partition coefficient (Wildman–Crippen LogP) is 2.41. The first-order valence-corrected chi connectivity index (χ1v) is 6.03. The fraction of sp³-hybridized carbons (Fsp3) is 0.917. The van der Waals surface area contributed by atoms with Gasteiger partial charge in [-0.15, -0.1) is 0 Å². The minimum Gasteiger partial charge on any atom is -0.480 e. The summed E-state index contributed by atoms with van der Waals surface area (Å²) in [7, 11) is 0. The molecule has 0 saturated heterocycles. The Bertz CT molecular complexity index is 220. The topological polar surface area (TPSA) is 49.3 Å². The maximum atomic E-state index is 11.3. The molecule has 1 fully saturated rings. The smallest absolute Gasteiger partial charge is 0.323 e. The molecular formula is C12H23NO2. The molecule has 1 saturated carbocycles. The number of carboxylic acid groups (broad SMARTS) is 1. The Hall–Kier alpha value is -0.570. The highest BCUT2D eigenvalue weighted by atomic mass is 16.4. The minimum atomic E-state index is -0.667. The summed E-state index contributed by atoms with van der Waals surface area (Å²) in [6.07, 6.45) is 4.63. The van der Waals surface area contributed by atoms with Gasteiger partial charge < -0.3 is 5.11 Å². The van der Waals surface area contributed by atoms with Gasteiger partial charge in [0.25, 0.3) is 0 Å². The lowest BCUT2D eigenvalue weighted by molar-refractivity contribution is -0.145. The van der Waals surface area contributed by atoms with Gasteiger partial charge in [-0.1, -0.05) is 33.6 Å². The van der Waals surface area contributed by atoms with Crippen LogP contribution < -0.4 is 5.32 Å². The molecule has 0 aromatic carbocycles. The fourth-order valence-corrected chi connectivity index (χ4v) is 2.49. The summed E-state index contributed by atoms with van der Waals surface area (Å²) in [5.41, 5.74) is -0.634. The van der Waals surface area contributed by atoms with E-state index in [4.69, 9.17) is 0 Å². The summed E-state index contributed by atoms with van der Waals surface area (Å²) in [5.74, 6) is -0.175. The van der Waals surface area contributed by atoms with Crippen LogP contribution in [0.3, 0.4) is 0 Å². The van der Waals surface area contributed by atoms with Crippen molar-refractivity contribution in [2.24, 2.45) is 5.92 Å². The van der Waals surface area contributed by atoms with E-state index in [1.165, 1.54) is 0 Å². The number of carbonyl (C=O) groups is 1. The molecule has 1 aliphatic carbocycles. The zero-order chi connectivity index (χ0) is 11.5. The van der Waals surface area contributed by atoms with Crippen LogP contribution in [0.1, 0.15) is 52.9 Å². The van der Waals surface area contributed by atoms with Gasteiger partial charge in [-0.3, -0.25) is 10.1 Å².